The summed E-state index contributed by atoms with van der Waals surface area (Å²) in [6.45, 7) is 0. The lowest BCUT2D eigenvalue weighted by Gasteiger charge is -1.65. The van der Waals surface area contributed by atoms with E-state index in [1.807, 2.05) is 0 Å². The van der Waals surface area contributed by atoms with Gasteiger partial charge in [-0.1, -0.05) is 11.6 Å². The quantitative estimate of drug-likeness (QED) is 0.600. The van der Waals surface area contributed by atoms with Crippen molar-refractivity contribution in [2.45, 2.75) is 0 Å². The normalized spacial score (nSPS) is 9.43. The molecule has 1 nitrogen and oxygen atoms in total. The van der Waals surface area contributed by atoms with Gasteiger partial charge >= 0.3 is 0 Å². The summed E-state index contributed by atoms with van der Waals surface area (Å²) in [6, 6.07) is 1.68. The number of hydrogen-bond donors (Lipinski definition) is 0. The van der Waals surface area contributed by atoms with E-state index in [9.17, 15) is 0 Å². The molecule has 0 saturated carbocycles. The summed E-state index contributed by atoms with van der Waals surface area (Å²) in [5.41, 5.74) is 0. The van der Waals surface area contributed by atoms with Gasteiger partial charge in [-0.3, -0.25) is 0 Å². The molecule has 1 heterocycles. The van der Waals surface area contributed by atoms with Crippen LogP contribution in [0.15, 0.2) is 21.4 Å². The standard InChI is InChI=1S/C4H2BrClO/c5-4-1-3(6)2-7-4/h1-2H. The van der Waals surface area contributed by atoms with Crippen molar-refractivity contribution in [3.8, 4) is 0 Å². The Kier molecular flexibility index (Phi) is 1.40. The molecule has 1 rings (SSSR count). The zero-order valence-corrected chi connectivity index (χ0v) is 5.66. The molecule has 0 radical (unpaired) electrons. The van der Waals surface area contributed by atoms with E-state index >= 15 is 0 Å². The molecule has 0 saturated heterocycles. The van der Waals surface area contributed by atoms with Crippen LogP contribution in [0.5, 0.6) is 0 Å². The number of hydrogen-bond acceptors (Lipinski definition) is 1. The van der Waals surface area contributed by atoms with Crippen molar-refractivity contribution in [3.05, 3.63) is 22.0 Å². The van der Waals surface area contributed by atoms with Crippen molar-refractivity contribution in [2.24, 2.45) is 0 Å². The average Bonchev–Trinajstić information content (AvgIpc) is 1.87. The van der Waals surface area contributed by atoms with E-state index < -0.39 is 0 Å². The molecule has 0 aliphatic carbocycles. The molecule has 0 unspecified atom stereocenters. The highest BCUT2D eigenvalue weighted by molar-refractivity contribution is 9.10. The summed E-state index contributed by atoms with van der Waals surface area (Å²) < 4.78 is 5.41. The van der Waals surface area contributed by atoms with Gasteiger partial charge in [-0.05, 0) is 15.9 Å². The van der Waals surface area contributed by atoms with Crippen LogP contribution in [0, 0.1) is 0 Å². The van der Waals surface area contributed by atoms with Crippen LogP contribution >= 0.6 is 27.5 Å². The second-order valence-corrected chi connectivity index (χ2v) is 2.29. The summed E-state index contributed by atoms with van der Waals surface area (Å²) in [6.07, 6.45) is 1.46. The number of furan rings is 1. The molecule has 1 aromatic rings. The van der Waals surface area contributed by atoms with Crippen LogP contribution in [0.25, 0.3) is 0 Å². The van der Waals surface area contributed by atoms with Crippen molar-refractivity contribution in [1.82, 2.24) is 0 Å². The third-order valence-electron chi connectivity index (χ3n) is 0.535. The zero-order chi connectivity index (χ0) is 5.28. The molecule has 0 N–H and O–H groups in total. The minimum absolute atomic E-state index is 0.617. The van der Waals surface area contributed by atoms with Crippen LogP contribution in [0.1, 0.15) is 0 Å². The monoisotopic (exact) mass is 180 g/mol. The van der Waals surface area contributed by atoms with E-state index in [-0.39, 0.29) is 0 Å². The third-order valence-corrected chi connectivity index (χ3v) is 1.15. The predicted molar refractivity (Wildman–Crippen MR) is 31.4 cm³/mol. The molecule has 0 spiro atoms. The van der Waals surface area contributed by atoms with E-state index in [1.54, 1.807) is 6.07 Å². The maximum Gasteiger partial charge on any atom is 0.170 e. The molecule has 1 aromatic heterocycles. The Morgan fingerprint density at radius 3 is 2.57 bits per heavy atom. The predicted octanol–water partition coefficient (Wildman–Crippen LogP) is 2.70. The molecule has 0 bridgehead atoms. The van der Waals surface area contributed by atoms with Crippen LogP contribution in [0.4, 0.5) is 0 Å². The van der Waals surface area contributed by atoms with Crippen LogP contribution in [0.3, 0.4) is 0 Å². The minimum atomic E-state index is 0.617. The summed E-state index contributed by atoms with van der Waals surface area (Å²) >= 11 is 8.52. The van der Waals surface area contributed by atoms with Gasteiger partial charge in [-0.15, -0.1) is 0 Å². The highest BCUT2D eigenvalue weighted by atomic mass is 79.9. The molecular formula is C4H2BrClO. The van der Waals surface area contributed by atoms with Crippen LogP contribution in [-0.2, 0) is 0 Å². The Morgan fingerprint density at radius 2 is 2.43 bits per heavy atom. The van der Waals surface area contributed by atoms with Crippen molar-refractivity contribution < 1.29 is 4.42 Å². The maximum atomic E-state index is 5.44. The van der Waals surface area contributed by atoms with E-state index in [0.717, 1.165) is 0 Å². The van der Waals surface area contributed by atoms with Crippen molar-refractivity contribution >= 4 is 27.5 Å². The Bertz CT molecular complexity index is 144. The maximum absolute atomic E-state index is 5.44. The van der Waals surface area contributed by atoms with Crippen LogP contribution in [-0.4, -0.2) is 0 Å². The van der Waals surface area contributed by atoms with Crippen LogP contribution in [0.2, 0.25) is 5.02 Å². The average molecular weight is 181 g/mol. The molecule has 0 fully saturated rings. The van der Waals surface area contributed by atoms with Crippen molar-refractivity contribution in [2.75, 3.05) is 0 Å². The van der Waals surface area contributed by atoms with Gasteiger partial charge in [-0.25, -0.2) is 0 Å². The van der Waals surface area contributed by atoms with Crippen LogP contribution < -0.4 is 0 Å². The van der Waals surface area contributed by atoms with Gasteiger partial charge in [0.2, 0.25) is 0 Å². The van der Waals surface area contributed by atoms with Gasteiger partial charge in [0, 0.05) is 6.07 Å². The Morgan fingerprint density at radius 1 is 1.71 bits per heavy atom. The first-order valence-corrected chi connectivity index (χ1v) is 2.85. The Balaban J connectivity index is 3.04. The van der Waals surface area contributed by atoms with E-state index in [2.05, 4.69) is 15.9 Å². The second kappa shape index (κ2) is 1.88. The first-order valence-electron chi connectivity index (χ1n) is 1.68. The number of rotatable bonds is 0. The molecule has 0 aromatic carbocycles. The summed E-state index contributed by atoms with van der Waals surface area (Å²) in [5.74, 6) is 0. The highest BCUT2D eigenvalue weighted by Crippen LogP contribution is 2.17. The van der Waals surface area contributed by atoms with Crippen molar-refractivity contribution in [1.29, 1.82) is 0 Å². The van der Waals surface area contributed by atoms with Gasteiger partial charge in [-0.2, -0.15) is 0 Å². The largest absolute Gasteiger partial charge is 0.456 e. The van der Waals surface area contributed by atoms with E-state index in [0.29, 0.717) is 9.69 Å². The lowest BCUT2D eigenvalue weighted by atomic mass is 10.7. The highest BCUT2D eigenvalue weighted by Gasteiger charge is 1.90. The molecule has 0 amide bonds. The fourth-order valence-corrected chi connectivity index (χ4v) is 0.905. The van der Waals surface area contributed by atoms with Gasteiger partial charge in [0.05, 0.1) is 5.02 Å². The molecule has 0 atom stereocenters. The first-order chi connectivity index (χ1) is 3.29. The fourth-order valence-electron chi connectivity index (χ4n) is 0.289. The molecule has 38 valence electrons. The molecule has 7 heavy (non-hydrogen) atoms. The lowest BCUT2D eigenvalue weighted by Crippen LogP contribution is -1.39. The third kappa shape index (κ3) is 1.21. The smallest absolute Gasteiger partial charge is 0.170 e. The van der Waals surface area contributed by atoms with Crippen molar-refractivity contribution in [3.63, 3.8) is 0 Å². The Labute approximate surface area is 54.4 Å². The first kappa shape index (κ1) is 5.19. The van der Waals surface area contributed by atoms with Gasteiger partial charge in [0.1, 0.15) is 6.26 Å². The second-order valence-electron chi connectivity index (χ2n) is 1.07. The van der Waals surface area contributed by atoms with E-state index in [1.165, 1.54) is 6.26 Å². The van der Waals surface area contributed by atoms with Gasteiger partial charge < -0.3 is 4.42 Å². The van der Waals surface area contributed by atoms with Gasteiger partial charge in [0.25, 0.3) is 0 Å². The molecule has 0 aliphatic rings. The topological polar surface area (TPSA) is 13.1 Å². The molecule has 3 heteroatoms. The summed E-state index contributed by atoms with van der Waals surface area (Å²) in [5, 5.41) is 0.617. The van der Waals surface area contributed by atoms with E-state index in [4.69, 9.17) is 16.0 Å². The minimum Gasteiger partial charge on any atom is -0.456 e. The lowest BCUT2D eigenvalue weighted by molar-refractivity contribution is 0.541. The fraction of sp³-hybridized carbons (Fsp3) is 0. The summed E-state index contributed by atoms with van der Waals surface area (Å²) in [4.78, 5) is 0. The molecular weight excluding hydrogens is 179 g/mol. The Hall–Kier alpha value is 0.0500. The SMILES string of the molecule is Clc1coc(Br)c1. The van der Waals surface area contributed by atoms with Gasteiger partial charge in [0.15, 0.2) is 4.67 Å². The zero-order valence-electron chi connectivity index (χ0n) is 3.32. The molecule has 0 aliphatic heterocycles. The number of halogens is 2. The summed E-state index contributed by atoms with van der Waals surface area (Å²) in [7, 11) is 0.